The second kappa shape index (κ2) is 5.79. The number of pyridine rings is 1. The molecule has 0 unspecified atom stereocenters. The van der Waals surface area contributed by atoms with E-state index in [2.05, 4.69) is 15.2 Å². The molecule has 2 aromatic rings. The molecule has 17 heavy (non-hydrogen) atoms. The van der Waals surface area contributed by atoms with Gasteiger partial charge in [0.25, 0.3) is 0 Å². The van der Waals surface area contributed by atoms with Crippen molar-refractivity contribution in [1.82, 2.24) is 19.7 Å². The summed E-state index contributed by atoms with van der Waals surface area (Å²) in [5, 5.41) is 9.25. The summed E-state index contributed by atoms with van der Waals surface area (Å²) in [7, 11) is 3.66. The minimum absolute atomic E-state index is 0.710. The Balaban J connectivity index is 2.15. The van der Waals surface area contributed by atoms with Gasteiger partial charge in [0.05, 0.1) is 6.61 Å². The summed E-state index contributed by atoms with van der Waals surface area (Å²) in [6.07, 6.45) is 3.50. The summed E-state index contributed by atoms with van der Waals surface area (Å²) in [5.41, 5.74) is 1.02. The number of thioether (sulfide) groups is 1. The van der Waals surface area contributed by atoms with Gasteiger partial charge in [-0.3, -0.25) is 4.98 Å². The van der Waals surface area contributed by atoms with Crippen molar-refractivity contribution in [2.24, 2.45) is 7.05 Å². The molecule has 0 saturated heterocycles. The molecule has 0 aromatic carbocycles. The molecular weight excluding hydrogens is 236 g/mol. The summed E-state index contributed by atoms with van der Waals surface area (Å²) < 4.78 is 6.99. The molecule has 2 aromatic heterocycles. The highest BCUT2D eigenvalue weighted by Gasteiger charge is 2.10. The predicted octanol–water partition coefficient (Wildman–Crippen LogP) is 1.62. The summed E-state index contributed by atoms with van der Waals surface area (Å²) in [4.78, 5) is 3.99. The summed E-state index contributed by atoms with van der Waals surface area (Å²) >= 11 is 1.64. The molecule has 0 radical (unpaired) electrons. The van der Waals surface area contributed by atoms with Crippen LogP contribution >= 0.6 is 11.8 Å². The van der Waals surface area contributed by atoms with E-state index in [0.717, 1.165) is 22.3 Å². The molecule has 5 nitrogen and oxygen atoms in total. The van der Waals surface area contributed by atoms with Crippen LogP contribution in [0.2, 0.25) is 0 Å². The standard InChI is InChI=1S/C11H14N4OS/c1-15-10(9-3-5-12-6-4-9)13-14-11(15)17-8-7-16-2/h3-6H,7-8H2,1-2H3. The van der Waals surface area contributed by atoms with Crippen LogP contribution in [0.15, 0.2) is 29.7 Å². The molecular formula is C11H14N4OS. The van der Waals surface area contributed by atoms with E-state index >= 15 is 0 Å². The Hall–Kier alpha value is -1.40. The second-order valence-corrected chi connectivity index (χ2v) is 4.50. The lowest BCUT2D eigenvalue weighted by atomic mass is 10.2. The number of hydrogen-bond donors (Lipinski definition) is 0. The van der Waals surface area contributed by atoms with Crippen LogP contribution in [0.4, 0.5) is 0 Å². The topological polar surface area (TPSA) is 52.8 Å². The first-order valence-electron chi connectivity index (χ1n) is 5.24. The Morgan fingerprint density at radius 3 is 2.76 bits per heavy atom. The highest BCUT2D eigenvalue weighted by atomic mass is 32.2. The zero-order valence-corrected chi connectivity index (χ0v) is 10.6. The first-order chi connectivity index (χ1) is 8.33. The highest BCUT2D eigenvalue weighted by molar-refractivity contribution is 7.99. The maximum atomic E-state index is 5.01. The largest absolute Gasteiger partial charge is 0.384 e. The average molecular weight is 250 g/mol. The average Bonchev–Trinajstić information content (AvgIpc) is 2.73. The Kier molecular flexibility index (Phi) is 4.11. The van der Waals surface area contributed by atoms with Gasteiger partial charge in [-0.25, -0.2) is 0 Å². The fourth-order valence-electron chi connectivity index (χ4n) is 1.41. The Bertz CT molecular complexity index is 472. The molecule has 2 rings (SSSR count). The second-order valence-electron chi connectivity index (χ2n) is 3.44. The van der Waals surface area contributed by atoms with E-state index in [1.165, 1.54) is 0 Å². The first-order valence-corrected chi connectivity index (χ1v) is 6.23. The van der Waals surface area contributed by atoms with Gasteiger partial charge in [-0.1, -0.05) is 11.8 Å². The van der Waals surface area contributed by atoms with Crippen LogP contribution in [-0.2, 0) is 11.8 Å². The van der Waals surface area contributed by atoms with Crippen LogP contribution in [0, 0.1) is 0 Å². The molecule has 2 heterocycles. The lowest BCUT2D eigenvalue weighted by Crippen LogP contribution is -1.97. The SMILES string of the molecule is COCCSc1nnc(-c2ccncc2)n1C. The van der Waals surface area contributed by atoms with Gasteiger partial charge in [-0.15, -0.1) is 10.2 Å². The van der Waals surface area contributed by atoms with Gasteiger partial charge in [0.15, 0.2) is 11.0 Å². The molecule has 6 heteroatoms. The fourth-order valence-corrected chi connectivity index (χ4v) is 2.22. The summed E-state index contributed by atoms with van der Waals surface area (Å²) in [6, 6.07) is 3.85. The van der Waals surface area contributed by atoms with E-state index < -0.39 is 0 Å². The maximum Gasteiger partial charge on any atom is 0.191 e. The van der Waals surface area contributed by atoms with Crippen LogP contribution < -0.4 is 0 Å². The third-order valence-corrected chi connectivity index (χ3v) is 3.28. The van der Waals surface area contributed by atoms with E-state index in [1.807, 2.05) is 23.7 Å². The van der Waals surface area contributed by atoms with Crippen molar-refractivity contribution < 1.29 is 4.74 Å². The van der Waals surface area contributed by atoms with Crippen LogP contribution in [-0.4, -0.2) is 39.2 Å². The molecule has 0 spiro atoms. The van der Waals surface area contributed by atoms with Crippen molar-refractivity contribution in [3.05, 3.63) is 24.5 Å². The van der Waals surface area contributed by atoms with Crippen molar-refractivity contribution in [1.29, 1.82) is 0 Å². The van der Waals surface area contributed by atoms with Gasteiger partial charge in [0.1, 0.15) is 0 Å². The van der Waals surface area contributed by atoms with Crippen molar-refractivity contribution in [2.45, 2.75) is 5.16 Å². The van der Waals surface area contributed by atoms with Gasteiger partial charge in [-0.2, -0.15) is 0 Å². The molecule has 0 aliphatic rings. The Morgan fingerprint density at radius 2 is 2.06 bits per heavy atom. The van der Waals surface area contributed by atoms with Crippen molar-refractivity contribution in [2.75, 3.05) is 19.5 Å². The lowest BCUT2D eigenvalue weighted by molar-refractivity contribution is 0.218. The van der Waals surface area contributed by atoms with Gasteiger partial charge >= 0.3 is 0 Å². The number of aromatic nitrogens is 4. The van der Waals surface area contributed by atoms with Crippen molar-refractivity contribution >= 4 is 11.8 Å². The molecule has 0 atom stereocenters. The Labute approximate surface area is 104 Å². The molecule has 0 aliphatic carbocycles. The fraction of sp³-hybridized carbons (Fsp3) is 0.364. The van der Waals surface area contributed by atoms with E-state index in [1.54, 1.807) is 31.3 Å². The molecule has 0 amide bonds. The molecule has 0 aliphatic heterocycles. The predicted molar refractivity (Wildman–Crippen MR) is 66.8 cm³/mol. The maximum absolute atomic E-state index is 5.01. The normalized spacial score (nSPS) is 10.7. The smallest absolute Gasteiger partial charge is 0.191 e. The quantitative estimate of drug-likeness (QED) is 0.596. The number of nitrogens with zero attached hydrogens (tertiary/aromatic N) is 4. The van der Waals surface area contributed by atoms with E-state index in [9.17, 15) is 0 Å². The molecule has 0 bridgehead atoms. The zero-order valence-electron chi connectivity index (χ0n) is 9.83. The third-order valence-electron chi connectivity index (χ3n) is 2.29. The van der Waals surface area contributed by atoms with E-state index in [0.29, 0.717) is 6.61 Å². The van der Waals surface area contributed by atoms with Crippen LogP contribution in [0.25, 0.3) is 11.4 Å². The molecule has 0 N–H and O–H groups in total. The van der Waals surface area contributed by atoms with Gasteiger partial charge < -0.3 is 9.30 Å². The van der Waals surface area contributed by atoms with Crippen LogP contribution in [0.1, 0.15) is 0 Å². The molecule has 0 fully saturated rings. The zero-order chi connectivity index (χ0) is 12.1. The lowest BCUT2D eigenvalue weighted by Gasteiger charge is -2.03. The van der Waals surface area contributed by atoms with Gasteiger partial charge in [0, 0.05) is 37.9 Å². The van der Waals surface area contributed by atoms with Crippen molar-refractivity contribution in [3.8, 4) is 11.4 Å². The summed E-state index contributed by atoms with van der Waals surface area (Å²) in [6.45, 7) is 0.710. The molecule has 0 saturated carbocycles. The Morgan fingerprint density at radius 1 is 1.29 bits per heavy atom. The third kappa shape index (κ3) is 2.83. The minimum atomic E-state index is 0.710. The number of hydrogen-bond acceptors (Lipinski definition) is 5. The van der Waals surface area contributed by atoms with E-state index in [4.69, 9.17) is 4.74 Å². The van der Waals surface area contributed by atoms with Gasteiger partial charge in [0.2, 0.25) is 0 Å². The number of ether oxygens (including phenoxy) is 1. The first kappa shape index (κ1) is 12.1. The van der Waals surface area contributed by atoms with Crippen LogP contribution in [0.5, 0.6) is 0 Å². The minimum Gasteiger partial charge on any atom is -0.384 e. The van der Waals surface area contributed by atoms with Crippen molar-refractivity contribution in [3.63, 3.8) is 0 Å². The number of rotatable bonds is 5. The van der Waals surface area contributed by atoms with Crippen LogP contribution in [0.3, 0.4) is 0 Å². The molecule has 90 valence electrons. The summed E-state index contributed by atoms with van der Waals surface area (Å²) in [5.74, 6) is 1.73. The monoisotopic (exact) mass is 250 g/mol. The van der Waals surface area contributed by atoms with E-state index in [-0.39, 0.29) is 0 Å². The number of methoxy groups -OCH3 is 1. The highest BCUT2D eigenvalue weighted by Crippen LogP contribution is 2.21. The van der Waals surface area contributed by atoms with Gasteiger partial charge in [-0.05, 0) is 12.1 Å².